The minimum Gasteiger partial charge on any atom is -0.497 e. The molecule has 4 amide bonds. The first-order valence-electron chi connectivity index (χ1n) is 8.13. The van der Waals surface area contributed by atoms with Gasteiger partial charge in [0, 0.05) is 4.47 Å². The van der Waals surface area contributed by atoms with Crippen LogP contribution >= 0.6 is 15.9 Å². The Morgan fingerprint density at radius 3 is 2.52 bits per heavy atom. The average Bonchev–Trinajstić information content (AvgIpc) is 2.61. The molecular formula is C20H17BrN2O4. The molecule has 1 fully saturated rings. The Bertz CT molecular complexity index is 997. The molecule has 2 aromatic carbocycles. The van der Waals surface area contributed by atoms with Gasteiger partial charge in [-0.05, 0) is 60.9 Å². The molecule has 0 bridgehead atoms. The molecule has 1 saturated heterocycles. The van der Waals surface area contributed by atoms with Crippen LogP contribution in [0.3, 0.4) is 0 Å². The van der Waals surface area contributed by atoms with Gasteiger partial charge in [0.25, 0.3) is 11.8 Å². The van der Waals surface area contributed by atoms with Gasteiger partial charge >= 0.3 is 6.03 Å². The standard InChI is InChI=1S/C20H17BrN2O4/c1-11-4-5-12(2)17(6-11)23-19(25)16(18(24)22-20(23)26)9-13-7-14(21)10-15(8-13)27-3/h4-10H,1-3H3,(H,22,24,26)/b16-9+. The molecule has 0 aromatic heterocycles. The molecule has 1 heterocycles. The molecule has 0 aliphatic carbocycles. The van der Waals surface area contributed by atoms with E-state index in [-0.39, 0.29) is 5.57 Å². The molecule has 0 atom stereocenters. The van der Waals surface area contributed by atoms with E-state index in [1.807, 2.05) is 19.1 Å². The van der Waals surface area contributed by atoms with Crippen molar-refractivity contribution in [3.05, 3.63) is 63.1 Å². The molecule has 138 valence electrons. The summed E-state index contributed by atoms with van der Waals surface area (Å²) in [5.41, 5.74) is 2.56. The van der Waals surface area contributed by atoms with Gasteiger partial charge < -0.3 is 4.74 Å². The first-order valence-corrected chi connectivity index (χ1v) is 8.92. The molecule has 2 aromatic rings. The molecule has 3 rings (SSSR count). The van der Waals surface area contributed by atoms with Gasteiger partial charge in [-0.2, -0.15) is 0 Å². The summed E-state index contributed by atoms with van der Waals surface area (Å²) in [5.74, 6) is -0.829. The van der Waals surface area contributed by atoms with Crippen molar-refractivity contribution in [1.29, 1.82) is 0 Å². The number of urea groups is 1. The van der Waals surface area contributed by atoms with Crippen LogP contribution in [0.15, 0.2) is 46.4 Å². The number of nitrogens with zero attached hydrogens (tertiary/aromatic N) is 1. The van der Waals surface area contributed by atoms with Crippen LogP contribution in [0.25, 0.3) is 6.08 Å². The largest absolute Gasteiger partial charge is 0.497 e. The number of amides is 4. The maximum Gasteiger partial charge on any atom is 0.335 e. The van der Waals surface area contributed by atoms with E-state index in [9.17, 15) is 14.4 Å². The lowest BCUT2D eigenvalue weighted by atomic mass is 10.0. The van der Waals surface area contributed by atoms with Crippen molar-refractivity contribution in [2.75, 3.05) is 12.0 Å². The Morgan fingerprint density at radius 1 is 1.07 bits per heavy atom. The number of benzene rings is 2. The summed E-state index contributed by atoms with van der Waals surface area (Å²) in [6, 6.07) is 9.89. The third kappa shape index (κ3) is 3.78. The fourth-order valence-corrected chi connectivity index (χ4v) is 3.28. The molecule has 0 saturated carbocycles. The second-order valence-corrected chi connectivity index (χ2v) is 7.09. The van der Waals surface area contributed by atoms with E-state index in [0.717, 1.165) is 20.5 Å². The highest BCUT2D eigenvalue weighted by Gasteiger charge is 2.37. The predicted molar refractivity (Wildman–Crippen MR) is 106 cm³/mol. The van der Waals surface area contributed by atoms with Crippen LogP contribution in [0, 0.1) is 13.8 Å². The summed E-state index contributed by atoms with van der Waals surface area (Å²) in [4.78, 5) is 38.6. The summed E-state index contributed by atoms with van der Waals surface area (Å²) in [6.07, 6.45) is 1.44. The number of rotatable bonds is 3. The Morgan fingerprint density at radius 2 is 1.81 bits per heavy atom. The zero-order chi connectivity index (χ0) is 19.7. The molecule has 0 radical (unpaired) electrons. The zero-order valence-electron chi connectivity index (χ0n) is 15.0. The van der Waals surface area contributed by atoms with Crippen molar-refractivity contribution >= 4 is 45.5 Å². The van der Waals surface area contributed by atoms with E-state index in [1.54, 1.807) is 31.2 Å². The Kier molecular flexibility index (Phi) is 5.14. The number of halogens is 1. The van der Waals surface area contributed by atoms with Gasteiger partial charge in [-0.3, -0.25) is 14.9 Å². The number of imide groups is 2. The van der Waals surface area contributed by atoms with Crippen molar-refractivity contribution in [1.82, 2.24) is 5.32 Å². The van der Waals surface area contributed by atoms with E-state index in [2.05, 4.69) is 21.2 Å². The second kappa shape index (κ2) is 7.36. The Balaban J connectivity index is 2.08. The summed E-state index contributed by atoms with van der Waals surface area (Å²) >= 11 is 3.37. The highest BCUT2D eigenvalue weighted by atomic mass is 79.9. The highest BCUT2D eigenvalue weighted by Crippen LogP contribution is 2.28. The smallest absolute Gasteiger partial charge is 0.335 e. The lowest BCUT2D eigenvalue weighted by molar-refractivity contribution is -0.122. The molecule has 6 nitrogen and oxygen atoms in total. The van der Waals surface area contributed by atoms with Crippen LogP contribution in [-0.4, -0.2) is 25.0 Å². The van der Waals surface area contributed by atoms with Crippen molar-refractivity contribution in [2.24, 2.45) is 0 Å². The van der Waals surface area contributed by atoms with E-state index < -0.39 is 17.8 Å². The van der Waals surface area contributed by atoms with Crippen LogP contribution in [0.1, 0.15) is 16.7 Å². The third-order valence-corrected chi connectivity index (χ3v) is 4.61. The maximum atomic E-state index is 13.0. The maximum absolute atomic E-state index is 13.0. The predicted octanol–water partition coefficient (Wildman–Crippen LogP) is 3.74. The van der Waals surface area contributed by atoms with Gasteiger partial charge in [0.2, 0.25) is 0 Å². The topological polar surface area (TPSA) is 75.7 Å². The zero-order valence-corrected chi connectivity index (χ0v) is 16.6. The second-order valence-electron chi connectivity index (χ2n) is 6.17. The average molecular weight is 429 g/mol. The highest BCUT2D eigenvalue weighted by molar-refractivity contribution is 9.10. The van der Waals surface area contributed by atoms with E-state index in [4.69, 9.17) is 4.74 Å². The van der Waals surface area contributed by atoms with Crippen LogP contribution in [0.2, 0.25) is 0 Å². The number of barbiturate groups is 1. The van der Waals surface area contributed by atoms with Gasteiger partial charge in [0.15, 0.2) is 0 Å². The molecule has 0 unspecified atom stereocenters. The molecule has 1 aliphatic heterocycles. The van der Waals surface area contributed by atoms with Gasteiger partial charge in [-0.25, -0.2) is 9.69 Å². The summed E-state index contributed by atoms with van der Waals surface area (Å²) in [5, 5.41) is 2.23. The van der Waals surface area contributed by atoms with Crippen LogP contribution in [0.5, 0.6) is 5.75 Å². The number of ether oxygens (including phenoxy) is 1. The first-order chi connectivity index (χ1) is 12.8. The molecular weight excluding hydrogens is 412 g/mol. The number of carbonyl (C=O) groups excluding carboxylic acids is 3. The lowest BCUT2D eigenvalue weighted by Crippen LogP contribution is -2.54. The Hall–Kier alpha value is -2.93. The summed E-state index contributed by atoms with van der Waals surface area (Å²) in [6.45, 7) is 3.67. The third-order valence-electron chi connectivity index (χ3n) is 4.15. The lowest BCUT2D eigenvalue weighted by Gasteiger charge is -2.27. The summed E-state index contributed by atoms with van der Waals surface area (Å²) < 4.78 is 5.94. The van der Waals surface area contributed by atoms with Crippen molar-refractivity contribution in [3.8, 4) is 5.75 Å². The van der Waals surface area contributed by atoms with Crippen molar-refractivity contribution in [2.45, 2.75) is 13.8 Å². The van der Waals surface area contributed by atoms with Crippen LogP contribution in [-0.2, 0) is 9.59 Å². The quantitative estimate of drug-likeness (QED) is 0.596. The van der Waals surface area contributed by atoms with Gasteiger partial charge in [0.05, 0.1) is 12.8 Å². The fourth-order valence-electron chi connectivity index (χ4n) is 2.79. The SMILES string of the molecule is COc1cc(Br)cc(/C=C2\C(=O)NC(=O)N(c3cc(C)ccc3C)C2=O)c1. The van der Waals surface area contributed by atoms with Crippen LogP contribution < -0.4 is 15.0 Å². The summed E-state index contributed by atoms with van der Waals surface area (Å²) in [7, 11) is 1.53. The monoisotopic (exact) mass is 428 g/mol. The van der Waals surface area contributed by atoms with Gasteiger partial charge in [-0.15, -0.1) is 0 Å². The molecule has 1 N–H and O–H groups in total. The molecule has 7 heteroatoms. The number of anilines is 1. The first kappa shape index (κ1) is 18.8. The Labute approximate surface area is 164 Å². The van der Waals surface area contributed by atoms with Crippen molar-refractivity contribution in [3.63, 3.8) is 0 Å². The molecule has 27 heavy (non-hydrogen) atoms. The van der Waals surface area contributed by atoms with Crippen molar-refractivity contribution < 1.29 is 19.1 Å². The number of carbonyl (C=O) groups is 3. The number of hydrogen-bond donors (Lipinski definition) is 1. The van der Waals surface area contributed by atoms with E-state index in [1.165, 1.54) is 13.2 Å². The van der Waals surface area contributed by atoms with E-state index >= 15 is 0 Å². The minimum atomic E-state index is -0.761. The number of hydrogen-bond acceptors (Lipinski definition) is 4. The van der Waals surface area contributed by atoms with Gasteiger partial charge in [-0.1, -0.05) is 28.1 Å². The number of nitrogens with one attached hydrogen (secondary N) is 1. The van der Waals surface area contributed by atoms with E-state index in [0.29, 0.717) is 17.0 Å². The molecule has 1 aliphatic rings. The molecule has 0 spiro atoms. The minimum absolute atomic E-state index is 0.129. The normalized spacial score (nSPS) is 15.9. The van der Waals surface area contributed by atoms with Crippen LogP contribution in [0.4, 0.5) is 10.5 Å². The number of aryl methyl sites for hydroxylation is 2. The fraction of sp³-hybridized carbons (Fsp3) is 0.150. The number of methoxy groups -OCH3 is 1. The van der Waals surface area contributed by atoms with Gasteiger partial charge in [0.1, 0.15) is 11.3 Å².